The minimum absolute atomic E-state index is 0.0955. The third kappa shape index (κ3) is 6.24. The lowest BCUT2D eigenvalue weighted by Crippen LogP contribution is -2.39. The summed E-state index contributed by atoms with van der Waals surface area (Å²) in [6.45, 7) is 3.67. The van der Waals surface area contributed by atoms with E-state index in [2.05, 4.69) is 40.3 Å². The van der Waals surface area contributed by atoms with Crippen LogP contribution in [0.3, 0.4) is 0 Å². The molecule has 9 heteroatoms. The monoisotopic (exact) mass is 543 g/mol. The average molecular weight is 544 g/mol. The van der Waals surface area contributed by atoms with Crippen LogP contribution in [0.1, 0.15) is 30.9 Å². The van der Waals surface area contributed by atoms with Crippen molar-refractivity contribution in [2.75, 3.05) is 18.0 Å². The van der Waals surface area contributed by atoms with Gasteiger partial charge >= 0.3 is 0 Å². The Bertz CT molecular complexity index is 1260. The molecule has 34 heavy (non-hydrogen) atoms. The highest BCUT2D eigenvalue weighted by atomic mass is 79.9. The Balaban J connectivity index is 1.85. The maximum Gasteiger partial charge on any atom is 0.264 e. The number of nitrogens with zero attached hydrogens (tertiary/aromatic N) is 2. The number of rotatable bonds is 9. The predicted molar refractivity (Wildman–Crippen MR) is 138 cm³/mol. The van der Waals surface area contributed by atoms with E-state index in [4.69, 9.17) is 4.74 Å². The minimum Gasteiger partial charge on any atom is -0.496 e. The zero-order valence-electron chi connectivity index (χ0n) is 19.1. The SMILES string of the molecule is COc1ccc(Br)cc1/C=N\NC(=O)CN(c1ccc(C(C)C)cc1)S(=O)(=O)c1ccccc1. The van der Waals surface area contributed by atoms with Gasteiger partial charge in [0, 0.05) is 10.0 Å². The molecule has 0 heterocycles. The molecule has 178 valence electrons. The molecular weight excluding hydrogens is 518 g/mol. The number of hydrazone groups is 1. The third-order valence-corrected chi connectivity index (χ3v) is 7.33. The summed E-state index contributed by atoms with van der Waals surface area (Å²) in [5.41, 5.74) is 4.51. The summed E-state index contributed by atoms with van der Waals surface area (Å²) in [6.07, 6.45) is 1.44. The number of hydrogen-bond acceptors (Lipinski definition) is 5. The number of ether oxygens (including phenoxy) is 1. The first-order valence-corrected chi connectivity index (χ1v) is 12.8. The number of carbonyl (C=O) groups is 1. The van der Waals surface area contributed by atoms with Crippen LogP contribution >= 0.6 is 15.9 Å². The number of carbonyl (C=O) groups excluding carboxylic acids is 1. The summed E-state index contributed by atoms with van der Waals surface area (Å²) < 4.78 is 34.0. The highest BCUT2D eigenvalue weighted by Crippen LogP contribution is 2.26. The fourth-order valence-electron chi connectivity index (χ4n) is 3.21. The lowest BCUT2D eigenvalue weighted by atomic mass is 10.0. The Kier molecular flexibility index (Phi) is 8.46. The lowest BCUT2D eigenvalue weighted by Gasteiger charge is -2.24. The molecule has 3 rings (SSSR count). The molecule has 0 saturated carbocycles. The number of amides is 1. The van der Waals surface area contributed by atoms with Crippen LogP contribution < -0.4 is 14.5 Å². The summed E-state index contributed by atoms with van der Waals surface area (Å²) in [4.78, 5) is 12.8. The second-order valence-electron chi connectivity index (χ2n) is 7.75. The summed E-state index contributed by atoms with van der Waals surface area (Å²) >= 11 is 3.38. The van der Waals surface area contributed by atoms with Crippen LogP contribution in [-0.2, 0) is 14.8 Å². The van der Waals surface area contributed by atoms with Crippen LogP contribution in [0.2, 0.25) is 0 Å². The maximum absolute atomic E-state index is 13.4. The number of nitrogens with one attached hydrogen (secondary N) is 1. The lowest BCUT2D eigenvalue weighted by molar-refractivity contribution is -0.119. The molecule has 3 aromatic carbocycles. The van der Waals surface area contributed by atoms with Crippen LogP contribution in [0.25, 0.3) is 0 Å². The van der Waals surface area contributed by atoms with Crippen molar-refractivity contribution in [3.63, 3.8) is 0 Å². The largest absolute Gasteiger partial charge is 0.496 e. The van der Waals surface area contributed by atoms with E-state index < -0.39 is 22.5 Å². The van der Waals surface area contributed by atoms with Gasteiger partial charge in [-0.2, -0.15) is 5.10 Å². The number of benzene rings is 3. The van der Waals surface area contributed by atoms with Crippen molar-refractivity contribution in [1.82, 2.24) is 5.43 Å². The first-order valence-electron chi connectivity index (χ1n) is 10.6. The van der Waals surface area contributed by atoms with Crippen molar-refractivity contribution in [2.24, 2.45) is 5.10 Å². The molecule has 0 aliphatic heterocycles. The van der Waals surface area contributed by atoms with Gasteiger partial charge in [0.2, 0.25) is 0 Å². The minimum atomic E-state index is -3.98. The zero-order valence-corrected chi connectivity index (χ0v) is 21.5. The zero-order chi connectivity index (χ0) is 24.7. The van der Waals surface area contributed by atoms with Gasteiger partial charge in [-0.15, -0.1) is 0 Å². The van der Waals surface area contributed by atoms with Crippen LogP contribution in [0.15, 0.2) is 87.3 Å². The molecule has 1 N–H and O–H groups in total. The normalized spacial score (nSPS) is 11.6. The molecule has 0 saturated heterocycles. The Morgan fingerprint density at radius 1 is 1.09 bits per heavy atom. The molecule has 0 fully saturated rings. The molecule has 3 aromatic rings. The van der Waals surface area contributed by atoms with Crippen molar-refractivity contribution in [3.05, 3.63) is 88.4 Å². The van der Waals surface area contributed by atoms with E-state index in [0.717, 1.165) is 14.3 Å². The van der Waals surface area contributed by atoms with Gasteiger partial charge in [-0.3, -0.25) is 9.10 Å². The molecule has 0 spiro atoms. The van der Waals surface area contributed by atoms with Gasteiger partial charge in [0.1, 0.15) is 12.3 Å². The standard InChI is InChI=1S/C25H26BrN3O4S/c1-18(2)19-9-12-22(13-10-19)29(34(31,32)23-7-5-4-6-8-23)17-25(30)28-27-16-20-15-21(26)11-14-24(20)33-3/h4-16,18H,17H2,1-3H3,(H,28,30)/b27-16-. The van der Waals surface area contributed by atoms with E-state index in [0.29, 0.717) is 22.9 Å². The molecule has 0 radical (unpaired) electrons. The van der Waals surface area contributed by atoms with E-state index in [1.807, 2.05) is 18.2 Å². The molecule has 7 nitrogen and oxygen atoms in total. The number of anilines is 1. The number of methoxy groups -OCH3 is 1. The van der Waals surface area contributed by atoms with Gasteiger partial charge in [0.05, 0.1) is 23.9 Å². The molecule has 0 unspecified atom stereocenters. The van der Waals surface area contributed by atoms with Crippen LogP contribution in [0, 0.1) is 0 Å². The topological polar surface area (TPSA) is 88.1 Å². The van der Waals surface area contributed by atoms with Gasteiger partial charge in [0.15, 0.2) is 0 Å². The maximum atomic E-state index is 13.4. The summed E-state index contributed by atoms with van der Waals surface area (Å²) in [6, 6.07) is 20.5. The Morgan fingerprint density at radius 3 is 2.38 bits per heavy atom. The number of sulfonamides is 1. The summed E-state index contributed by atoms with van der Waals surface area (Å²) in [5.74, 6) is 0.290. The second kappa shape index (κ2) is 11.3. The molecule has 0 aromatic heterocycles. The van der Waals surface area contributed by atoms with Crippen molar-refractivity contribution in [3.8, 4) is 5.75 Å². The fourth-order valence-corrected chi connectivity index (χ4v) is 5.03. The summed E-state index contributed by atoms with van der Waals surface area (Å²) in [5, 5.41) is 3.98. The second-order valence-corrected chi connectivity index (χ2v) is 10.5. The van der Waals surface area contributed by atoms with Gasteiger partial charge in [-0.25, -0.2) is 13.8 Å². The smallest absolute Gasteiger partial charge is 0.264 e. The Morgan fingerprint density at radius 2 is 1.76 bits per heavy atom. The van der Waals surface area contributed by atoms with Gasteiger partial charge in [-0.1, -0.05) is 60.1 Å². The fraction of sp³-hybridized carbons (Fsp3) is 0.200. The molecule has 1 amide bonds. The first kappa shape index (κ1) is 25.5. The Labute approximate surface area is 208 Å². The number of hydrogen-bond donors (Lipinski definition) is 1. The highest BCUT2D eigenvalue weighted by Gasteiger charge is 2.27. The Hall–Kier alpha value is -3.17. The molecular formula is C25H26BrN3O4S. The van der Waals surface area contributed by atoms with E-state index in [-0.39, 0.29) is 4.90 Å². The van der Waals surface area contributed by atoms with Gasteiger partial charge in [0.25, 0.3) is 15.9 Å². The molecule has 0 aliphatic rings. The van der Waals surface area contributed by atoms with Crippen LogP contribution in [0.4, 0.5) is 5.69 Å². The van der Waals surface area contributed by atoms with Crippen LogP contribution in [0.5, 0.6) is 5.75 Å². The first-order chi connectivity index (χ1) is 16.2. The predicted octanol–water partition coefficient (Wildman–Crippen LogP) is 4.93. The number of halogens is 1. The van der Waals surface area contributed by atoms with Crippen molar-refractivity contribution in [2.45, 2.75) is 24.7 Å². The molecule has 0 aliphatic carbocycles. The van der Waals surface area contributed by atoms with E-state index in [9.17, 15) is 13.2 Å². The van der Waals surface area contributed by atoms with Crippen molar-refractivity contribution >= 4 is 43.8 Å². The van der Waals surface area contributed by atoms with Gasteiger partial charge in [-0.05, 0) is 53.9 Å². The van der Waals surface area contributed by atoms with Gasteiger partial charge < -0.3 is 4.74 Å². The average Bonchev–Trinajstić information content (AvgIpc) is 2.83. The van der Waals surface area contributed by atoms with E-state index in [1.165, 1.54) is 25.5 Å². The highest BCUT2D eigenvalue weighted by molar-refractivity contribution is 9.10. The van der Waals surface area contributed by atoms with Crippen molar-refractivity contribution < 1.29 is 17.9 Å². The quantitative estimate of drug-likeness (QED) is 0.306. The van der Waals surface area contributed by atoms with Crippen LogP contribution in [-0.4, -0.2) is 34.2 Å². The van der Waals surface area contributed by atoms with E-state index >= 15 is 0 Å². The van der Waals surface area contributed by atoms with Crippen molar-refractivity contribution in [1.29, 1.82) is 0 Å². The molecule has 0 bridgehead atoms. The van der Waals surface area contributed by atoms with E-state index in [1.54, 1.807) is 42.5 Å². The molecule has 0 atom stereocenters. The summed E-state index contributed by atoms with van der Waals surface area (Å²) in [7, 11) is -2.44. The third-order valence-electron chi connectivity index (χ3n) is 5.05.